The Labute approximate surface area is 176 Å². The molecule has 3 aromatic rings. The van der Waals surface area contributed by atoms with Gasteiger partial charge in [0.1, 0.15) is 0 Å². The molecule has 1 aromatic carbocycles. The highest BCUT2D eigenvalue weighted by atomic mass is 32.1. The predicted molar refractivity (Wildman–Crippen MR) is 119 cm³/mol. The maximum Gasteiger partial charge on any atom is 0.227 e. The minimum Gasteiger partial charge on any atom is -0.356 e. The fraction of sp³-hybridized carbons (Fsp3) is 0.333. The fourth-order valence-corrected chi connectivity index (χ4v) is 5.01. The van der Waals surface area contributed by atoms with Crippen LogP contribution in [0.3, 0.4) is 0 Å². The molecule has 2 aromatic heterocycles. The number of pyridine rings is 1. The second-order valence-corrected chi connectivity index (χ2v) is 8.83. The standard InChI is InChI=1S/C24H27N3OS/c1-2-26-23(28)24(10-12-27(18-24)17-22-9-5-13-29-22)15-19-6-3-7-20(14-19)21-8-4-11-25-16-21/h3-9,11,13-14,16H,2,10,12,15,17-18H2,1H3,(H,26,28)/t24-/m1/s1. The third kappa shape index (κ3) is 4.57. The van der Waals surface area contributed by atoms with Crippen LogP contribution in [0.15, 0.2) is 66.3 Å². The average Bonchev–Trinajstić information content (AvgIpc) is 3.40. The monoisotopic (exact) mass is 405 g/mol. The SMILES string of the molecule is CCNC(=O)[C@@]1(Cc2cccc(-c3cccnc3)c2)CCN(Cc2cccs2)C1. The normalized spacial score (nSPS) is 19.3. The summed E-state index contributed by atoms with van der Waals surface area (Å²) in [6.07, 6.45) is 5.32. The number of nitrogens with one attached hydrogen (secondary N) is 1. The van der Waals surface area contributed by atoms with E-state index in [-0.39, 0.29) is 11.3 Å². The Morgan fingerprint density at radius 3 is 2.86 bits per heavy atom. The number of carbonyl (C=O) groups excluding carboxylic acids is 1. The minimum absolute atomic E-state index is 0.181. The highest BCUT2D eigenvalue weighted by molar-refractivity contribution is 7.09. The molecular formula is C24H27N3OS. The molecule has 1 amide bonds. The van der Waals surface area contributed by atoms with Gasteiger partial charge in [-0.15, -0.1) is 11.3 Å². The Balaban J connectivity index is 1.56. The van der Waals surface area contributed by atoms with E-state index in [0.29, 0.717) is 6.54 Å². The number of hydrogen-bond donors (Lipinski definition) is 1. The number of rotatable bonds is 7. The fourth-order valence-electron chi connectivity index (χ4n) is 4.26. The van der Waals surface area contributed by atoms with Crippen molar-refractivity contribution in [3.8, 4) is 11.1 Å². The van der Waals surface area contributed by atoms with Gasteiger partial charge in [0.2, 0.25) is 5.91 Å². The highest BCUT2D eigenvalue weighted by Gasteiger charge is 2.44. The van der Waals surface area contributed by atoms with E-state index in [0.717, 1.165) is 43.6 Å². The number of aromatic nitrogens is 1. The van der Waals surface area contributed by atoms with Gasteiger partial charge in [-0.05, 0) is 60.5 Å². The number of carbonyl (C=O) groups is 1. The van der Waals surface area contributed by atoms with Gasteiger partial charge < -0.3 is 5.32 Å². The summed E-state index contributed by atoms with van der Waals surface area (Å²) in [6, 6.07) is 16.8. The van der Waals surface area contributed by atoms with Gasteiger partial charge in [0.15, 0.2) is 0 Å². The Morgan fingerprint density at radius 2 is 2.10 bits per heavy atom. The number of amides is 1. The summed E-state index contributed by atoms with van der Waals surface area (Å²) in [5.74, 6) is 0.181. The van der Waals surface area contributed by atoms with Crippen molar-refractivity contribution in [3.63, 3.8) is 0 Å². The molecule has 0 unspecified atom stereocenters. The van der Waals surface area contributed by atoms with Gasteiger partial charge in [-0.1, -0.05) is 36.4 Å². The van der Waals surface area contributed by atoms with E-state index in [1.165, 1.54) is 10.4 Å². The van der Waals surface area contributed by atoms with Crippen LogP contribution in [0.2, 0.25) is 0 Å². The minimum atomic E-state index is -0.374. The first-order chi connectivity index (χ1) is 14.2. The molecule has 29 heavy (non-hydrogen) atoms. The van der Waals surface area contributed by atoms with Crippen molar-refractivity contribution in [1.82, 2.24) is 15.2 Å². The summed E-state index contributed by atoms with van der Waals surface area (Å²) in [5, 5.41) is 5.22. The molecule has 5 heteroatoms. The third-order valence-electron chi connectivity index (χ3n) is 5.68. The van der Waals surface area contributed by atoms with Crippen LogP contribution in [-0.4, -0.2) is 35.4 Å². The van der Waals surface area contributed by atoms with E-state index >= 15 is 0 Å². The molecule has 1 aliphatic heterocycles. The van der Waals surface area contributed by atoms with Crippen molar-refractivity contribution in [2.24, 2.45) is 5.41 Å². The summed E-state index contributed by atoms with van der Waals surface area (Å²) in [6.45, 7) is 5.34. The molecule has 4 rings (SSSR count). The third-order valence-corrected chi connectivity index (χ3v) is 6.54. The number of thiophene rings is 1. The second-order valence-electron chi connectivity index (χ2n) is 7.80. The summed E-state index contributed by atoms with van der Waals surface area (Å²) in [5.41, 5.74) is 3.08. The molecule has 150 valence electrons. The van der Waals surface area contributed by atoms with Gasteiger partial charge in [0.05, 0.1) is 5.41 Å². The van der Waals surface area contributed by atoms with Gasteiger partial charge in [-0.25, -0.2) is 0 Å². The zero-order valence-corrected chi connectivity index (χ0v) is 17.6. The van der Waals surface area contributed by atoms with Crippen molar-refractivity contribution in [1.29, 1.82) is 0 Å². The molecule has 0 bridgehead atoms. The molecule has 3 heterocycles. The molecule has 1 fully saturated rings. The maximum atomic E-state index is 13.1. The molecule has 0 spiro atoms. The first kappa shape index (κ1) is 19.8. The van der Waals surface area contributed by atoms with Gasteiger partial charge >= 0.3 is 0 Å². The first-order valence-corrected chi connectivity index (χ1v) is 11.1. The van der Waals surface area contributed by atoms with Crippen LogP contribution >= 0.6 is 11.3 Å². The van der Waals surface area contributed by atoms with Crippen LogP contribution in [0.5, 0.6) is 0 Å². The van der Waals surface area contributed by atoms with E-state index in [1.54, 1.807) is 17.5 Å². The quantitative estimate of drug-likeness (QED) is 0.634. The molecule has 1 atom stereocenters. The Hall–Kier alpha value is -2.50. The van der Waals surface area contributed by atoms with Crippen LogP contribution in [-0.2, 0) is 17.8 Å². The van der Waals surface area contributed by atoms with Crippen molar-refractivity contribution in [3.05, 3.63) is 76.7 Å². The highest BCUT2D eigenvalue weighted by Crippen LogP contribution is 2.36. The largest absolute Gasteiger partial charge is 0.356 e. The molecule has 1 N–H and O–H groups in total. The van der Waals surface area contributed by atoms with Crippen molar-refractivity contribution < 1.29 is 4.79 Å². The average molecular weight is 406 g/mol. The molecule has 0 radical (unpaired) electrons. The van der Waals surface area contributed by atoms with Crippen LogP contribution in [0.4, 0.5) is 0 Å². The van der Waals surface area contributed by atoms with Crippen LogP contribution in [0.25, 0.3) is 11.1 Å². The van der Waals surface area contributed by atoms with Crippen LogP contribution in [0.1, 0.15) is 23.8 Å². The Morgan fingerprint density at radius 1 is 1.21 bits per heavy atom. The van der Waals surface area contributed by atoms with E-state index in [4.69, 9.17) is 0 Å². The van der Waals surface area contributed by atoms with Gasteiger partial charge in [-0.3, -0.25) is 14.7 Å². The number of nitrogens with zero attached hydrogens (tertiary/aromatic N) is 2. The molecular weight excluding hydrogens is 378 g/mol. The maximum absolute atomic E-state index is 13.1. The van der Waals surface area contributed by atoms with Gasteiger partial charge in [-0.2, -0.15) is 0 Å². The van der Waals surface area contributed by atoms with Crippen molar-refractivity contribution in [2.45, 2.75) is 26.3 Å². The Bertz CT molecular complexity index is 942. The predicted octanol–water partition coefficient (Wildman–Crippen LogP) is 4.38. The molecule has 0 saturated carbocycles. The summed E-state index contributed by atoms with van der Waals surface area (Å²) in [7, 11) is 0. The van der Waals surface area contributed by atoms with Gasteiger partial charge in [0.25, 0.3) is 0 Å². The van der Waals surface area contributed by atoms with E-state index < -0.39 is 0 Å². The second kappa shape index (κ2) is 8.89. The summed E-state index contributed by atoms with van der Waals surface area (Å²) < 4.78 is 0. The summed E-state index contributed by atoms with van der Waals surface area (Å²) >= 11 is 1.78. The topological polar surface area (TPSA) is 45.2 Å². The number of likely N-dealkylation sites (tertiary alicyclic amines) is 1. The van der Waals surface area contributed by atoms with Crippen molar-refractivity contribution >= 4 is 17.2 Å². The zero-order valence-electron chi connectivity index (χ0n) is 16.8. The number of hydrogen-bond acceptors (Lipinski definition) is 4. The van der Waals surface area contributed by atoms with E-state index in [1.807, 2.05) is 19.2 Å². The van der Waals surface area contributed by atoms with Crippen molar-refractivity contribution in [2.75, 3.05) is 19.6 Å². The molecule has 4 nitrogen and oxygen atoms in total. The molecule has 0 aliphatic carbocycles. The van der Waals surface area contributed by atoms with E-state index in [9.17, 15) is 4.79 Å². The zero-order chi connectivity index (χ0) is 20.1. The lowest BCUT2D eigenvalue weighted by Gasteiger charge is -2.28. The van der Waals surface area contributed by atoms with Crippen LogP contribution < -0.4 is 5.32 Å². The lowest BCUT2D eigenvalue weighted by Crippen LogP contribution is -2.44. The molecule has 1 aliphatic rings. The van der Waals surface area contributed by atoms with Crippen LogP contribution in [0, 0.1) is 5.41 Å². The molecule has 1 saturated heterocycles. The Kier molecular flexibility index (Phi) is 6.07. The van der Waals surface area contributed by atoms with E-state index in [2.05, 4.69) is 63.0 Å². The van der Waals surface area contributed by atoms with Gasteiger partial charge in [0, 0.05) is 36.9 Å². The first-order valence-electron chi connectivity index (χ1n) is 10.2. The lowest BCUT2D eigenvalue weighted by atomic mass is 9.79. The smallest absolute Gasteiger partial charge is 0.227 e. The summed E-state index contributed by atoms with van der Waals surface area (Å²) in [4.78, 5) is 21.1. The number of benzene rings is 1. The lowest BCUT2D eigenvalue weighted by molar-refractivity contribution is -0.130.